The molecule has 6 unspecified atom stereocenters. The van der Waals surface area contributed by atoms with Gasteiger partial charge in [0.1, 0.15) is 11.9 Å². The second-order valence-corrected chi connectivity index (χ2v) is 12.1. The summed E-state index contributed by atoms with van der Waals surface area (Å²) in [6.07, 6.45) is 3.60. The fourth-order valence-electron chi connectivity index (χ4n) is 7.35. The van der Waals surface area contributed by atoms with E-state index in [1.165, 1.54) is 11.8 Å². The number of nitrogens with one attached hydrogen (secondary N) is 1. The molecule has 0 spiro atoms. The van der Waals surface area contributed by atoms with E-state index in [-0.39, 0.29) is 46.6 Å². The van der Waals surface area contributed by atoms with Crippen LogP contribution in [-0.4, -0.2) is 50.0 Å². The number of aliphatic hydroxyl groups excluding tert-OH is 1. The molecule has 8 atom stereocenters. The number of carbonyl (C=O) groups excluding carboxylic acids is 2. The summed E-state index contributed by atoms with van der Waals surface area (Å²) in [7, 11) is 0. The number of aromatic nitrogens is 3. The van der Waals surface area contributed by atoms with Crippen molar-refractivity contribution in [3.8, 4) is 0 Å². The van der Waals surface area contributed by atoms with E-state index in [0.29, 0.717) is 18.0 Å². The SMILES string of the molecule is CC[C@]1(C)CC(OC(=O)CSc2n[nH]c(N)n2)C2(C)C(C)CC[C@]3(CCC(=O)C23)C(C)C1O. The van der Waals surface area contributed by atoms with Crippen molar-refractivity contribution in [2.45, 2.75) is 90.5 Å². The molecule has 4 rings (SSSR count). The van der Waals surface area contributed by atoms with Gasteiger partial charge in [0.2, 0.25) is 11.1 Å². The Morgan fingerprint density at radius 2 is 2.06 bits per heavy atom. The predicted molar refractivity (Wildman–Crippen MR) is 126 cm³/mol. The number of anilines is 1. The lowest BCUT2D eigenvalue weighted by Crippen LogP contribution is -2.63. The maximum absolute atomic E-state index is 13.4. The number of ketones is 1. The number of aliphatic hydroxyl groups is 1. The summed E-state index contributed by atoms with van der Waals surface area (Å²) in [6.45, 7) is 10.7. The van der Waals surface area contributed by atoms with Crippen LogP contribution in [0.5, 0.6) is 0 Å². The molecule has 0 aromatic carbocycles. The van der Waals surface area contributed by atoms with Crippen molar-refractivity contribution in [3.05, 3.63) is 0 Å². The van der Waals surface area contributed by atoms with Crippen LogP contribution < -0.4 is 5.73 Å². The third-order valence-electron chi connectivity index (χ3n) is 9.78. The number of thioether (sulfide) groups is 1. The van der Waals surface area contributed by atoms with Crippen LogP contribution in [0.2, 0.25) is 0 Å². The number of hydrogen-bond acceptors (Lipinski definition) is 8. The molecule has 2 bridgehead atoms. The number of esters is 1. The molecule has 8 nitrogen and oxygen atoms in total. The van der Waals surface area contributed by atoms with Crippen LogP contribution in [0, 0.1) is 34.0 Å². The maximum Gasteiger partial charge on any atom is 0.316 e. The third-order valence-corrected chi connectivity index (χ3v) is 10.6. The topological polar surface area (TPSA) is 131 Å². The first-order chi connectivity index (χ1) is 15.5. The fraction of sp³-hybridized carbons (Fsp3) is 0.833. The van der Waals surface area contributed by atoms with Gasteiger partial charge in [-0.15, -0.1) is 5.10 Å². The summed E-state index contributed by atoms with van der Waals surface area (Å²) in [5.74, 6) is 0.239. The standard InChI is InChI=1S/C24H38N4O4S/c1-6-22(4)11-16(32-17(30)12-33-21-26-20(25)27-28-21)23(5)13(2)7-9-24(14(3)19(22)31)10-8-15(29)18(23)24/h13-14,16,18-19,31H,6-12H2,1-5H3,(H3,25,26,27,28)/t13?,14?,16?,18?,19?,22-,23?,24+/m1/s1. The van der Waals surface area contributed by atoms with Crippen LogP contribution in [0.15, 0.2) is 5.16 Å². The van der Waals surface area contributed by atoms with Gasteiger partial charge < -0.3 is 15.6 Å². The van der Waals surface area contributed by atoms with Gasteiger partial charge in [-0.3, -0.25) is 9.59 Å². The van der Waals surface area contributed by atoms with Gasteiger partial charge in [0.05, 0.1) is 11.9 Å². The first-order valence-corrected chi connectivity index (χ1v) is 13.2. The summed E-state index contributed by atoms with van der Waals surface area (Å²) in [4.78, 5) is 30.5. The van der Waals surface area contributed by atoms with E-state index in [9.17, 15) is 14.7 Å². The van der Waals surface area contributed by atoms with E-state index in [1.54, 1.807) is 0 Å². The number of nitrogens with two attached hydrogens (primary N) is 1. The average molecular weight is 479 g/mol. The van der Waals surface area contributed by atoms with E-state index >= 15 is 0 Å². The zero-order chi connectivity index (χ0) is 24.2. The fourth-order valence-corrected chi connectivity index (χ4v) is 7.93. The Labute approximate surface area is 200 Å². The summed E-state index contributed by atoms with van der Waals surface area (Å²) in [5, 5.41) is 18.5. The second-order valence-electron chi connectivity index (χ2n) is 11.2. The molecule has 3 aliphatic carbocycles. The number of aromatic amines is 1. The van der Waals surface area contributed by atoms with Gasteiger partial charge in [-0.2, -0.15) is 4.98 Å². The van der Waals surface area contributed by atoms with Crippen molar-refractivity contribution < 1.29 is 19.4 Å². The predicted octanol–water partition coefficient (Wildman–Crippen LogP) is 3.61. The quantitative estimate of drug-likeness (QED) is 0.432. The molecule has 33 heavy (non-hydrogen) atoms. The molecule has 1 aromatic heterocycles. The molecule has 184 valence electrons. The highest BCUT2D eigenvalue weighted by molar-refractivity contribution is 7.99. The van der Waals surface area contributed by atoms with Gasteiger partial charge in [-0.1, -0.05) is 46.4 Å². The zero-order valence-electron chi connectivity index (χ0n) is 20.4. The lowest BCUT2D eigenvalue weighted by Gasteiger charge is -2.62. The zero-order valence-corrected chi connectivity index (χ0v) is 21.2. The number of H-pyrrole nitrogens is 1. The van der Waals surface area contributed by atoms with E-state index in [2.05, 4.69) is 49.8 Å². The van der Waals surface area contributed by atoms with Gasteiger partial charge >= 0.3 is 5.97 Å². The second kappa shape index (κ2) is 8.56. The average Bonchev–Trinajstić information content (AvgIpc) is 3.36. The monoisotopic (exact) mass is 478 g/mol. The molecule has 9 heteroatoms. The number of nitrogens with zero attached hydrogens (tertiary/aromatic N) is 2. The Hall–Kier alpha value is -1.61. The van der Waals surface area contributed by atoms with Crippen molar-refractivity contribution in [2.75, 3.05) is 11.5 Å². The summed E-state index contributed by atoms with van der Waals surface area (Å²) < 4.78 is 6.23. The Morgan fingerprint density at radius 1 is 1.33 bits per heavy atom. The number of Topliss-reactive ketones (excluding diaryl/α,β-unsaturated/α-hetero) is 1. The number of nitrogen functional groups attached to an aromatic ring is 1. The minimum Gasteiger partial charge on any atom is -0.461 e. The minimum atomic E-state index is -0.555. The van der Waals surface area contributed by atoms with Crippen LogP contribution in [-0.2, 0) is 14.3 Å². The Morgan fingerprint density at radius 3 is 2.70 bits per heavy atom. The molecule has 1 heterocycles. The highest BCUT2D eigenvalue weighted by Crippen LogP contribution is 2.68. The van der Waals surface area contributed by atoms with E-state index in [1.807, 2.05) is 0 Å². The van der Waals surface area contributed by atoms with E-state index < -0.39 is 23.0 Å². The molecule has 0 amide bonds. The molecular formula is C24H38N4O4S. The van der Waals surface area contributed by atoms with Crippen LogP contribution in [0.25, 0.3) is 0 Å². The smallest absolute Gasteiger partial charge is 0.316 e. The van der Waals surface area contributed by atoms with Gasteiger partial charge in [-0.05, 0) is 54.8 Å². The Balaban J connectivity index is 1.69. The number of rotatable bonds is 5. The van der Waals surface area contributed by atoms with Crippen molar-refractivity contribution in [2.24, 2.45) is 34.0 Å². The first-order valence-electron chi connectivity index (χ1n) is 12.2. The molecule has 3 aliphatic rings. The summed E-state index contributed by atoms with van der Waals surface area (Å²) in [6, 6.07) is 0. The number of carbonyl (C=O) groups is 2. The van der Waals surface area contributed by atoms with Gasteiger partial charge in [0, 0.05) is 17.8 Å². The molecule has 0 aliphatic heterocycles. The van der Waals surface area contributed by atoms with Crippen LogP contribution in [0.4, 0.5) is 5.95 Å². The van der Waals surface area contributed by atoms with Crippen molar-refractivity contribution >= 4 is 29.5 Å². The molecule has 4 N–H and O–H groups in total. The lowest BCUT2D eigenvalue weighted by atomic mass is 9.43. The maximum atomic E-state index is 13.4. The Bertz CT molecular complexity index is 924. The van der Waals surface area contributed by atoms with Gasteiger partial charge in [0.15, 0.2) is 0 Å². The number of hydrogen-bond donors (Lipinski definition) is 3. The third kappa shape index (κ3) is 3.79. The lowest BCUT2D eigenvalue weighted by molar-refractivity contribution is -0.211. The largest absolute Gasteiger partial charge is 0.461 e. The molecule has 0 saturated heterocycles. The minimum absolute atomic E-state index is 0.0223. The van der Waals surface area contributed by atoms with E-state index in [4.69, 9.17) is 10.5 Å². The normalized spacial score (nSPS) is 43.0. The highest BCUT2D eigenvalue weighted by atomic mass is 32.2. The number of ether oxygens (including phenoxy) is 1. The van der Waals surface area contributed by atoms with Crippen LogP contribution in [0.1, 0.15) is 73.1 Å². The molecular weight excluding hydrogens is 440 g/mol. The first kappa shape index (κ1) is 24.5. The Kier molecular flexibility index (Phi) is 6.36. The van der Waals surface area contributed by atoms with Crippen molar-refractivity contribution in [1.82, 2.24) is 15.2 Å². The van der Waals surface area contributed by atoms with Crippen molar-refractivity contribution in [1.29, 1.82) is 0 Å². The van der Waals surface area contributed by atoms with Crippen LogP contribution >= 0.6 is 11.8 Å². The van der Waals surface area contributed by atoms with Crippen molar-refractivity contribution in [3.63, 3.8) is 0 Å². The highest BCUT2D eigenvalue weighted by Gasteiger charge is 2.68. The summed E-state index contributed by atoms with van der Waals surface area (Å²) >= 11 is 1.17. The van der Waals surface area contributed by atoms with Crippen LogP contribution in [0.3, 0.4) is 0 Å². The summed E-state index contributed by atoms with van der Waals surface area (Å²) in [5.41, 5.74) is 4.47. The van der Waals surface area contributed by atoms with Gasteiger partial charge in [-0.25, -0.2) is 5.10 Å². The molecule has 0 radical (unpaired) electrons. The van der Waals surface area contributed by atoms with Gasteiger partial charge in [0.25, 0.3) is 0 Å². The molecule has 3 fully saturated rings. The molecule has 3 saturated carbocycles. The molecule has 1 aromatic rings. The van der Waals surface area contributed by atoms with E-state index in [0.717, 1.165) is 25.7 Å².